The smallest absolute Gasteiger partial charge is 0.189 e. The van der Waals surface area contributed by atoms with Crippen molar-refractivity contribution in [1.29, 1.82) is 0 Å². The molecule has 4 heteroatoms. The molecule has 0 saturated carbocycles. The van der Waals surface area contributed by atoms with Gasteiger partial charge in [0, 0.05) is 13.2 Å². The van der Waals surface area contributed by atoms with Crippen molar-refractivity contribution >= 4 is 16.6 Å². The lowest BCUT2D eigenvalue weighted by atomic mass is 10.3. The Kier molecular flexibility index (Phi) is 5.48. The van der Waals surface area contributed by atoms with E-state index in [0.29, 0.717) is 0 Å². The molecule has 0 aromatic heterocycles. The van der Waals surface area contributed by atoms with E-state index < -0.39 is 16.6 Å². The summed E-state index contributed by atoms with van der Waals surface area (Å²) in [6.07, 6.45) is 8.05. The van der Waals surface area contributed by atoms with E-state index in [4.69, 9.17) is 8.85 Å². The van der Waals surface area contributed by atoms with Gasteiger partial charge in [-0.3, -0.25) is 0 Å². The summed E-state index contributed by atoms with van der Waals surface area (Å²) in [5, 5.41) is 0. The highest BCUT2D eigenvalue weighted by Crippen LogP contribution is 2.31. The molecule has 0 spiro atoms. The first kappa shape index (κ1) is 14.8. The van der Waals surface area contributed by atoms with Gasteiger partial charge in [-0.25, -0.2) is 0 Å². The molecule has 0 aromatic carbocycles. The second kappa shape index (κ2) is 6.68. The highest BCUT2D eigenvalue weighted by atomic mass is 28.4. The third kappa shape index (κ3) is 4.47. The van der Waals surface area contributed by atoms with E-state index in [-0.39, 0.29) is 0 Å². The maximum atomic E-state index is 6.18. The van der Waals surface area contributed by atoms with Crippen molar-refractivity contribution in [3.05, 3.63) is 0 Å². The first-order valence-corrected chi connectivity index (χ1v) is 13.5. The van der Waals surface area contributed by atoms with Crippen LogP contribution in [0.2, 0.25) is 37.3 Å². The topological polar surface area (TPSA) is 18.5 Å². The lowest BCUT2D eigenvalue weighted by Gasteiger charge is -2.23. The van der Waals surface area contributed by atoms with Gasteiger partial charge in [-0.2, -0.15) is 0 Å². The van der Waals surface area contributed by atoms with E-state index in [2.05, 4.69) is 13.1 Å². The van der Waals surface area contributed by atoms with Crippen LogP contribution in [0.25, 0.3) is 0 Å². The van der Waals surface area contributed by atoms with Crippen LogP contribution in [0.15, 0.2) is 0 Å². The molecule has 18 heavy (non-hydrogen) atoms. The average molecular weight is 287 g/mol. The van der Waals surface area contributed by atoms with Crippen molar-refractivity contribution in [3.8, 4) is 0 Å². The van der Waals surface area contributed by atoms with Crippen LogP contribution in [0.4, 0.5) is 0 Å². The second-order valence-electron chi connectivity index (χ2n) is 6.72. The van der Waals surface area contributed by atoms with Gasteiger partial charge in [0.15, 0.2) is 16.6 Å². The number of hydrogen-bond donors (Lipinski definition) is 0. The molecule has 2 rings (SSSR count). The Balaban J connectivity index is 1.48. The molecule has 0 aliphatic carbocycles. The van der Waals surface area contributed by atoms with E-state index in [9.17, 15) is 0 Å². The summed E-state index contributed by atoms with van der Waals surface area (Å²) in [7, 11) is -2.44. The molecule has 0 atom stereocenters. The molecule has 2 nitrogen and oxygen atoms in total. The Hall–Kier alpha value is 0.354. The Labute approximate surface area is 115 Å². The average Bonchev–Trinajstić information content (AvgIpc) is 2.94. The summed E-state index contributed by atoms with van der Waals surface area (Å²) in [5.74, 6) is 0. The molecule has 0 N–H and O–H groups in total. The summed E-state index contributed by atoms with van der Waals surface area (Å²) in [4.78, 5) is 0. The van der Waals surface area contributed by atoms with Crippen LogP contribution in [0.1, 0.15) is 38.5 Å². The lowest BCUT2D eigenvalue weighted by Crippen LogP contribution is -2.31. The fraction of sp³-hybridized carbons (Fsp3) is 1.00. The normalized spacial score (nSPS) is 25.7. The zero-order valence-electron chi connectivity index (χ0n) is 12.3. The Bertz CT molecular complexity index is 220. The van der Waals surface area contributed by atoms with Gasteiger partial charge in [-0.15, -0.1) is 0 Å². The molecule has 0 aromatic rings. The molecule has 2 heterocycles. The predicted molar refractivity (Wildman–Crippen MR) is 82.1 cm³/mol. The zero-order valence-corrected chi connectivity index (χ0v) is 14.3. The SMILES string of the molecule is C[Si]1(OCCCCO[Si]2(C)CCCC2)CCCC1. The van der Waals surface area contributed by atoms with E-state index in [1.54, 1.807) is 0 Å². The first-order valence-electron chi connectivity index (χ1n) is 7.90. The van der Waals surface area contributed by atoms with Gasteiger partial charge in [0.1, 0.15) is 0 Å². The van der Waals surface area contributed by atoms with Crippen LogP contribution in [0, 0.1) is 0 Å². The standard InChI is InChI=1S/C14H30O2Si2/c1-17(11-5-6-12-17)15-9-3-4-10-16-18(2)13-7-8-14-18/h3-14H2,1-2H3. The van der Waals surface area contributed by atoms with E-state index in [1.165, 1.54) is 62.7 Å². The maximum Gasteiger partial charge on any atom is 0.189 e. The van der Waals surface area contributed by atoms with Gasteiger partial charge < -0.3 is 8.85 Å². The number of unbranched alkanes of at least 4 members (excludes halogenated alkanes) is 1. The first-order chi connectivity index (χ1) is 8.62. The molecule has 0 unspecified atom stereocenters. The van der Waals surface area contributed by atoms with Crippen LogP contribution in [0.5, 0.6) is 0 Å². The molecular weight excluding hydrogens is 256 g/mol. The van der Waals surface area contributed by atoms with Crippen LogP contribution in [0.3, 0.4) is 0 Å². The molecule has 2 saturated heterocycles. The van der Waals surface area contributed by atoms with Crippen molar-refractivity contribution < 1.29 is 8.85 Å². The highest BCUT2D eigenvalue weighted by Gasteiger charge is 2.33. The molecule has 0 bridgehead atoms. The Morgan fingerprint density at radius 1 is 0.667 bits per heavy atom. The third-order valence-corrected chi connectivity index (χ3v) is 12.2. The monoisotopic (exact) mass is 286 g/mol. The fourth-order valence-electron chi connectivity index (χ4n) is 3.38. The minimum Gasteiger partial charge on any atom is -0.417 e. The summed E-state index contributed by atoms with van der Waals surface area (Å²) in [6.45, 7) is 6.82. The van der Waals surface area contributed by atoms with Gasteiger partial charge in [-0.1, -0.05) is 25.7 Å². The van der Waals surface area contributed by atoms with Crippen molar-refractivity contribution in [3.63, 3.8) is 0 Å². The summed E-state index contributed by atoms with van der Waals surface area (Å²) >= 11 is 0. The Morgan fingerprint density at radius 2 is 1.00 bits per heavy atom. The number of rotatable bonds is 7. The van der Waals surface area contributed by atoms with E-state index >= 15 is 0 Å². The molecule has 2 aliphatic heterocycles. The Morgan fingerprint density at radius 3 is 1.33 bits per heavy atom. The molecule has 2 fully saturated rings. The zero-order chi connectivity index (χ0) is 12.9. The van der Waals surface area contributed by atoms with Gasteiger partial charge in [0.05, 0.1) is 0 Å². The molecular formula is C14H30O2Si2. The van der Waals surface area contributed by atoms with Gasteiger partial charge >= 0.3 is 0 Å². The summed E-state index contributed by atoms with van der Waals surface area (Å²) in [5.41, 5.74) is 0. The molecule has 0 amide bonds. The largest absolute Gasteiger partial charge is 0.417 e. The van der Waals surface area contributed by atoms with Gasteiger partial charge in [0.25, 0.3) is 0 Å². The highest BCUT2D eigenvalue weighted by molar-refractivity contribution is 6.73. The fourth-order valence-corrected chi connectivity index (χ4v) is 9.72. The minimum absolute atomic E-state index is 0.990. The van der Waals surface area contributed by atoms with Crippen LogP contribution in [-0.2, 0) is 8.85 Å². The van der Waals surface area contributed by atoms with E-state index in [0.717, 1.165) is 13.2 Å². The van der Waals surface area contributed by atoms with E-state index in [1.807, 2.05) is 0 Å². The van der Waals surface area contributed by atoms with Crippen molar-refractivity contribution in [2.45, 2.75) is 75.8 Å². The quantitative estimate of drug-likeness (QED) is 0.505. The van der Waals surface area contributed by atoms with Crippen LogP contribution < -0.4 is 0 Å². The molecule has 2 aliphatic rings. The predicted octanol–water partition coefficient (Wildman–Crippen LogP) is 4.54. The molecule has 106 valence electrons. The van der Waals surface area contributed by atoms with Crippen molar-refractivity contribution in [1.82, 2.24) is 0 Å². The molecule has 0 radical (unpaired) electrons. The van der Waals surface area contributed by atoms with Crippen molar-refractivity contribution in [2.75, 3.05) is 13.2 Å². The lowest BCUT2D eigenvalue weighted by molar-refractivity contribution is 0.255. The van der Waals surface area contributed by atoms with Crippen molar-refractivity contribution in [2.24, 2.45) is 0 Å². The van der Waals surface area contributed by atoms with Gasteiger partial charge in [0.2, 0.25) is 0 Å². The summed E-state index contributed by atoms with van der Waals surface area (Å²) < 4.78 is 12.4. The third-order valence-electron chi connectivity index (χ3n) is 4.76. The van der Waals surface area contributed by atoms with Crippen LogP contribution in [-0.4, -0.2) is 29.8 Å². The second-order valence-corrected chi connectivity index (χ2v) is 15.1. The van der Waals surface area contributed by atoms with Gasteiger partial charge in [-0.05, 0) is 50.1 Å². The maximum absolute atomic E-state index is 6.18. The van der Waals surface area contributed by atoms with Crippen LogP contribution >= 0.6 is 0 Å². The minimum atomic E-state index is -1.22. The summed E-state index contributed by atoms with van der Waals surface area (Å²) in [6, 6.07) is 5.59. The number of hydrogen-bond acceptors (Lipinski definition) is 2.